The lowest BCUT2D eigenvalue weighted by Gasteiger charge is -2.10. The Hall–Kier alpha value is -7.04. The molecule has 0 saturated carbocycles. The van der Waals surface area contributed by atoms with E-state index in [0.717, 1.165) is 60.9 Å². The third kappa shape index (κ3) is 6.39. The zero-order valence-corrected chi connectivity index (χ0v) is 29.0. The summed E-state index contributed by atoms with van der Waals surface area (Å²) in [6.07, 6.45) is 0. The van der Waals surface area contributed by atoms with Gasteiger partial charge in [0.25, 0.3) is 0 Å². The number of hydrogen-bond donors (Lipinski definition) is 1. The molecule has 9 aromatic rings. The third-order valence-electron chi connectivity index (χ3n) is 9.81. The first-order valence-electron chi connectivity index (χ1n) is 17.8. The van der Waals surface area contributed by atoms with Crippen molar-refractivity contribution in [2.75, 3.05) is 0 Å². The van der Waals surface area contributed by atoms with Crippen molar-refractivity contribution in [3.05, 3.63) is 205 Å². The molecular formula is C49H35N3O. The van der Waals surface area contributed by atoms with E-state index >= 15 is 0 Å². The molecule has 252 valence electrons. The van der Waals surface area contributed by atoms with Gasteiger partial charge in [-0.05, 0) is 67.9 Å². The quantitative estimate of drug-likeness (QED) is 0.134. The molecule has 53 heavy (non-hydrogen) atoms. The maximum atomic E-state index is 6.98. The molecule has 0 aliphatic heterocycles. The minimum Gasteiger partial charge on any atom is -0.456 e. The second-order valence-electron chi connectivity index (χ2n) is 13.2. The summed E-state index contributed by atoms with van der Waals surface area (Å²) in [5, 5.41) is 4.40. The molecule has 2 N–H and O–H groups in total. The first-order valence-corrected chi connectivity index (χ1v) is 17.8. The average molecular weight is 682 g/mol. The van der Waals surface area contributed by atoms with Crippen LogP contribution in [0.3, 0.4) is 0 Å². The largest absolute Gasteiger partial charge is 0.456 e. The number of hydrogen-bond acceptors (Lipinski definition) is 2. The monoisotopic (exact) mass is 681 g/mol. The first-order chi connectivity index (χ1) is 26.2. The van der Waals surface area contributed by atoms with Gasteiger partial charge in [-0.1, -0.05) is 170 Å². The summed E-state index contributed by atoms with van der Waals surface area (Å²) >= 11 is 0. The van der Waals surface area contributed by atoms with E-state index in [9.17, 15) is 0 Å². The Labute approximate surface area is 308 Å². The molecule has 4 nitrogen and oxygen atoms in total. The normalized spacial score (nSPS) is 12.2. The molecule has 0 radical (unpaired) electrons. The minimum absolute atomic E-state index is 0.374. The lowest BCUT2D eigenvalue weighted by Crippen LogP contribution is -2.17. The smallest absolute Gasteiger partial charge is 0.157 e. The van der Waals surface area contributed by atoms with Crippen LogP contribution in [0.5, 0.6) is 0 Å². The van der Waals surface area contributed by atoms with Crippen LogP contribution in [0.4, 0.5) is 0 Å². The van der Waals surface area contributed by atoms with E-state index in [1.807, 2.05) is 66.7 Å². The molecule has 0 fully saturated rings. The van der Waals surface area contributed by atoms with Crippen molar-refractivity contribution < 1.29 is 4.42 Å². The number of fused-ring (bicyclic) bond motifs is 4. The van der Waals surface area contributed by atoms with Crippen molar-refractivity contribution in [3.63, 3.8) is 0 Å². The van der Waals surface area contributed by atoms with Crippen LogP contribution in [-0.2, 0) is 6.54 Å². The fourth-order valence-corrected chi connectivity index (χ4v) is 7.09. The fraction of sp³-hybridized carbons (Fsp3) is 0.0204. The highest BCUT2D eigenvalue weighted by atomic mass is 16.3. The average Bonchev–Trinajstić information content (AvgIpc) is 3.62. The number of furan rings is 1. The van der Waals surface area contributed by atoms with E-state index in [-0.39, 0.29) is 0 Å². The van der Waals surface area contributed by atoms with Gasteiger partial charge in [0, 0.05) is 21.9 Å². The number of aliphatic imine (C=N–C) groups is 2. The van der Waals surface area contributed by atoms with Gasteiger partial charge in [-0.15, -0.1) is 0 Å². The molecule has 8 aromatic carbocycles. The first kappa shape index (κ1) is 31.9. The number of nitrogens with two attached hydrogens (primary N) is 1. The van der Waals surface area contributed by atoms with Crippen molar-refractivity contribution in [2.45, 2.75) is 6.54 Å². The highest BCUT2D eigenvalue weighted by Gasteiger charge is 2.18. The summed E-state index contributed by atoms with van der Waals surface area (Å²) in [6.45, 7) is 0.478. The van der Waals surface area contributed by atoms with Crippen LogP contribution >= 0.6 is 0 Å². The molecule has 0 unspecified atom stereocenters. The maximum absolute atomic E-state index is 6.98. The molecule has 0 aliphatic carbocycles. The standard InChI is InChI=1S/C49H35N3O/c50-48(52-49(51-32-33-11-3-1-4-12-33)39-28-23-36(24-29-39)34-13-5-2-6-14-34)43-18-10-20-45-47(43)46-42(17-9-19-44(46)53-45)38-26-21-37(22-27-38)41-30-25-35-15-7-8-16-40(35)31-41/h1-31H,32H2,(H2,50,51,52). The number of benzene rings is 8. The fourth-order valence-electron chi connectivity index (χ4n) is 7.09. The molecule has 0 saturated heterocycles. The number of amidine groups is 2. The molecule has 0 aliphatic rings. The van der Waals surface area contributed by atoms with E-state index in [2.05, 4.69) is 121 Å². The van der Waals surface area contributed by atoms with Gasteiger partial charge >= 0.3 is 0 Å². The summed E-state index contributed by atoms with van der Waals surface area (Å²) < 4.78 is 6.45. The Kier molecular flexibility index (Phi) is 8.39. The summed E-state index contributed by atoms with van der Waals surface area (Å²) in [6, 6.07) is 64.9. The Morgan fingerprint density at radius 1 is 0.472 bits per heavy atom. The zero-order valence-electron chi connectivity index (χ0n) is 29.0. The van der Waals surface area contributed by atoms with Crippen LogP contribution in [0.2, 0.25) is 0 Å². The summed E-state index contributed by atoms with van der Waals surface area (Å²) in [5.41, 5.74) is 18.1. The molecule has 0 bridgehead atoms. The minimum atomic E-state index is 0.374. The highest BCUT2D eigenvalue weighted by Crippen LogP contribution is 2.39. The predicted molar refractivity (Wildman–Crippen MR) is 221 cm³/mol. The van der Waals surface area contributed by atoms with Gasteiger partial charge in [0.15, 0.2) is 5.84 Å². The molecule has 0 amide bonds. The van der Waals surface area contributed by atoms with Gasteiger partial charge in [-0.3, -0.25) is 4.99 Å². The van der Waals surface area contributed by atoms with Crippen LogP contribution in [0.25, 0.3) is 66.1 Å². The molecule has 0 atom stereocenters. The number of rotatable bonds is 7. The molecular weight excluding hydrogens is 647 g/mol. The Morgan fingerprint density at radius 3 is 1.83 bits per heavy atom. The van der Waals surface area contributed by atoms with Crippen LogP contribution in [-0.4, -0.2) is 11.7 Å². The van der Waals surface area contributed by atoms with Gasteiger partial charge < -0.3 is 10.2 Å². The number of nitrogens with zero attached hydrogens (tertiary/aromatic N) is 2. The second-order valence-corrected chi connectivity index (χ2v) is 13.2. The van der Waals surface area contributed by atoms with Crippen molar-refractivity contribution in [1.82, 2.24) is 0 Å². The van der Waals surface area contributed by atoms with Gasteiger partial charge in [0.2, 0.25) is 0 Å². The Balaban J connectivity index is 1.12. The Bertz CT molecular complexity index is 2780. The summed E-state index contributed by atoms with van der Waals surface area (Å²) in [5.74, 6) is 0.943. The van der Waals surface area contributed by atoms with Crippen molar-refractivity contribution in [2.24, 2.45) is 15.7 Å². The molecule has 1 aromatic heterocycles. The lowest BCUT2D eigenvalue weighted by atomic mass is 9.95. The topological polar surface area (TPSA) is 63.9 Å². The van der Waals surface area contributed by atoms with Gasteiger partial charge in [0.1, 0.15) is 17.0 Å². The van der Waals surface area contributed by atoms with E-state index in [1.165, 1.54) is 21.9 Å². The van der Waals surface area contributed by atoms with Crippen molar-refractivity contribution >= 4 is 44.4 Å². The van der Waals surface area contributed by atoms with E-state index < -0.39 is 0 Å². The van der Waals surface area contributed by atoms with Gasteiger partial charge in [0.05, 0.1) is 6.54 Å². The van der Waals surface area contributed by atoms with Crippen molar-refractivity contribution in [3.8, 4) is 33.4 Å². The lowest BCUT2D eigenvalue weighted by molar-refractivity contribution is 0.669. The van der Waals surface area contributed by atoms with Crippen LogP contribution in [0, 0.1) is 0 Å². The van der Waals surface area contributed by atoms with Gasteiger partial charge in [-0.25, -0.2) is 4.99 Å². The van der Waals surface area contributed by atoms with Crippen LogP contribution in [0.1, 0.15) is 16.7 Å². The van der Waals surface area contributed by atoms with E-state index in [0.29, 0.717) is 18.2 Å². The Morgan fingerprint density at radius 2 is 1.06 bits per heavy atom. The molecule has 9 rings (SSSR count). The molecule has 1 heterocycles. The second kappa shape index (κ2) is 13.9. The molecule has 0 spiro atoms. The highest BCUT2D eigenvalue weighted by molar-refractivity contribution is 6.23. The van der Waals surface area contributed by atoms with Crippen LogP contribution in [0.15, 0.2) is 202 Å². The van der Waals surface area contributed by atoms with E-state index in [4.69, 9.17) is 20.1 Å². The third-order valence-corrected chi connectivity index (χ3v) is 9.81. The maximum Gasteiger partial charge on any atom is 0.157 e. The molecule has 4 heteroatoms. The SMILES string of the molecule is NC(=NC(=NCc1ccccc1)c1ccc(-c2ccccc2)cc1)c1cccc2oc3cccc(-c4ccc(-c5ccc6ccccc6c5)cc4)c3c12. The van der Waals surface area contributed by atoms with Crippen LogP contribution < -0.4 is 5.73 Å². The predicted octanol–water partition coefficient (Wildman–Crippen LogP) is 12.1. The zero-order chi connectivity index (χ0) is 35.6. The van der Waals surface area contributed by atoms with E-state index in [1.54, 1.807) is 0 Å². The van der Waals surface area contributed by atoms with Crippen molar-refractivity contribution in [1.29, 1.82) is 0 Å². The summed E-state index contributed by atoms with van der Waals surface area (Å²) in [7, 11) is 0. The van der Waals surface area contributed by atoms with Gasteiger partial charge in [-0.2, -0.15) is 0 Å². The summed E-state index contributed by atoms with van der Waals surface area (Å²) in [4.78, 5) is 10.0.